The Morgan fingerprint density at radius 3 is 2.55 bits per heavy atom. The molecule has 1 aliphatic carbocycles. The van der Waals surface area contributed by atoms with Crippen molar-refractivity contribution in [3.8, 4) is 0 Å². The van der Waals surface area contributed by atoms with Crippen LogP contribution in [-0.4, -0.2) is 41.3 Å². The van der Waals surface area contributed by atoms with Crippen LogP contribution >= 0.6 is 0 Å². The maximum atomic E-state index is 12.2. The molecule has 0 radical (unpaired) electrons. The van der Waals surface area contributed by atoms with E-state index in [1.54, 1.807) is 0 Å². The molecule has 1 aliphatic heterocycles. The van der Waals surface area contributed by atoms with E-state index in [9.17, 15) is 4.79 Å². The number of amides is 1. The Balaban J connectivity index is 1.85. The molecule has 4 heteroatoms. The Hall–Kier alpha value is -0.770. The number of hydrogen-bond donors (Lipinski definition) is 1. The largest absolute Gasteiger partial charge is 0.444 e. The first-order chi connectivity index (χ1) is 9.29. The zero-order chi connectivity index (χ0) is 14.8. The van der Waals surface area contributed by atoms with Crippen molar-refractivity contribution in [3.05, 3.63) is 0 Å². The summed E-state index contributed by atoms with van der Waals surface area (Å²) in [4.78, 5) is 14.1. The summed E-state index contributed by atoms with van der Waals surface area (Å²) in [6, 6.07) is 0.294. The van der Waals surface area contributed by atoms with Crippen LogP contribution in [0, 0.1) is 0 Å². The van der Waals surface area contributed by atoms with E-state index < -0.39 is 5.60 Å². The van der Waals surface area contributed by atoms with Crippen LogP contribution in [0.15, 0.2) is 0 Å². The average molecular weight is 282 g/mol. The van der Waals surface area contributed by atoms with Crippen molar-refractivity contribution in [2.75, 3.05) is 13.1 Å². The van der Waals surface area contributed by atoms with Gasteiger partial charge in [-0.15, -0.1) is 0 Å². The molecule has 0 spiro atoms. The fourth-order valence-corrected chi connectivity index (χ4v) is 3.31. The standard InChI is InChI=1S/C16H30N2O2/c1-15(2,3)20-14(19)18-11-7-8-13(18)12-17-16(4)9-5-6-10-16/h13,17H,5-12H2,1-4H3. The molecule has 2 fully saturated rings. The quantitative estimate of drug-likeness (QED) is 0.863. The molecule has 0 aromatic rings. The Labute approximate surface area is 123 Å². The van der Waals surface area contributed by atoms with Gasteiger partial charge < -0.3 is 15.0 Å². The summed E-state index contributed by atoms with van der Waals surface area (Å²) in [6.45, 7) is 9.82. The van der Waals surface area contributed by atoms with Crippen LogP contribution in [0.4, 0.5) is 4.79 Å². The summed E-state index contributed by atoms with van der Waals surface area (Å²) in [5.41, 5.74) is -0.128. The maximum absolute atomic E-state index is 12.2. The summed E-state index contributed by atoms with van der Waals surface area (Å²) in [7, 11) is 0. The number of hydrogen-bond acceptors (Lipinski definition) is 3. The highest BCUT2D eigenvalue weighted by Gasteiger charge is 2.34. The van der Waals surface area contributed by atoms with Crippen molar-refractivity contribution < 1.29 is 9.53 Å². The van der Waals surface area contributed by atoms with Crippen molar-refractivity contribution in [1.29, 1.82) is 0 Å². The van der Waals surface area contributed by atoms with Gasteiger partial charge in [0.05, 0.1) is 0 Å². The second-order valence-electron chi connectivity index (χ2n) is 7.62. The number of nitrogens with one attached hydrogen (secondary N) is 1. The third-order valence-corrected chi connectivity index (χ3v) is 4.48. The molecule has 1 saturated carbocycles. The first-order valence-corrected chi connectivity index (χ1v) is 8.04. The minimum Gasteiger partial charge on any atom is -0.444 e. The second-order valence-corrected chi connectivity index (χ2v) is 7.62. The molecule has 20 heavy (non-hydrogen) atoms. The van der Waals surface area contributed by atoms with Gasteiger partial charge in [-0.2, -0.15) is 0 Å². The van der Waals surface area contributed by atoms with E-state index >= 15 is 0 Å². The van der Waals surface area contributed by atoms with E-state index in [0.29, 0.717) is 6.04 Å². The molecule has 1 atom stereocenters. The predicted octanol–water partition coefficient (Wildman–Crippen LogP) is 3.31. The Morgan fingerprint density at radius 2 is 1.95 bits per heavy atom. The summed E-state index contributed by atoms with van der Waals surface area (Å²) < 4.78 is 5.51. The molecule has 1 unspecified atom stereocenters. The lowest BCUT2D eigenvalue weighted by atomic mass is 10.00. The molecule has 2 aliphatic rings. The van der Waals surface area contributed by atoms with Gasteiger partial charge >= 0.3 is 6.09 Å². The Morgan fingerprint density at radius 1 is 1.30 bits per heavy atom. The summed E-state index contributed by atoms with van der Waals surface area (Å²) in [6.07, 6.45) is 7.18. The van der Waals surface area contributed by atoms with Crippen molar-refractivity contribution in [2.45, 2.75) is 83.4 Å². The number of likely N-dealkylation sites (tertiary alicyclic amines) is 1. The highest BCUT2D eigenvalue weighted by molar-refractivity contribution is 5.69. The lowest BCUT2D eigenvalue weighted by Gasteiger charge is -2.32. The van der Waals surface area contributed by atoms with Crippen LogP contribution in [0.3, 0.4) is 0 Å². The van der Waals surface area contributed by atoms with E-state index in [4.69, 9.17) is 4.74 Å². The maximum Gasteiger partial charge on any atom is 0.410 e. The number of carbonyl (C=O) groups excluding carboxylic acids is 1. The van der Waals surface area contributed by atoms with Gasteiger partial charge in [0, 0.05) is 24.7 Å². The normalized spacial score (nSPS) is 26.0. The molecule has 1 amide bonds. The van der Waals surface area contributed by atoms with Crippen LogP contribution in [0.2, 0.25) is 0 Å². The van der Waals surface area contributed by atoms with Gasteiger partial charge in [-0.3, -0.25) is 0 Å². The van der Waals surface area contributed by atoms with E-state index in [2.05, 4.69) is 12.2 Å². The van der Waals surface area contributed by atoms with Gasteiger partial charge in [-0.1, -0.05) is 12.8 Å². The molecule has 0 aromatic carbocycles. The lowest BCUT2D eigenvalue weighted by Crippen LogP contribution is -2.49. The third kappa shape index (κ3) is 4.11. The van der Waals surface area contributed by atoms with Gasteiger partial charge in [0.2, 0.25) is 0 Å². The number of ether oxygens (including phenoxy) is 1. The second kappa shape index (κ2) is 5.92. The van der Waals surface area contributed by atoms with Gasteiger partial charge in [-0.05, 0) is 53.4 Å². The topological polar surface area (TPSA) is 41.6 Å². The van der Waals surface area contributed by atoms with Gasteiger partial charge in [-0.25, -0.2) is 4.79 Å². The lowest BCUT2D eigenvalue weighted by molar-refractivity contribution is 0.0221. The van der Waals surface area contributed by atoms with Crippen molar-refractivity contribution >= 4 is 6.09 Å². The van der Waals surface area contributed by atoms with Crippen molar-refractivity contribution in [3.63, 3.8) is 0 Å². The summed E-state index contributed by atoms with van der Waals surface area (Å²) in [5.74, 6) is 0. The number of carbonyl (C=O) groups is 1. The molecule has 2 rings (SSSR count). The average Bonchev–Trinajstić information content (AvgIpc) is 2.93. The fraction of sp³-hybridized carbons (Fsp3) is 0.938. The molecule has 1 heterocycles. The molecule has 0 bridgehead atoms. The van der Waals surface area contributed by atoms with Crippen LogP contribution < -0.4 is 5.32 Å². The summed E-state index contributed by atoms with van der Waals surface area (Å²) in [5, 5.41) is 3.70. The van der Waals surface area contributed by atoms with Crippen LogP contribution in [-0.2, 0) is 4.74 Å². The number of rotatable bonds is 3. The minimum atomic E-state index is -0.408. The van der Waals surface area contributed by atoms with Crippen LogP contribution in [0.25, 0.3) is 0 Å². The van der Waals surface area contributed by atoms with Gasteiger partial charge in [0.25, 0.3) is 0 Å². The highest BCUT2D eigenvalue weighted by atomic mass is 16.6. The molecule has 1 N–H and O–H groups in total. The molecule has 116 valence electrons. The monoisotopic (exact) mass is 282 g/mol. The van der Waals surface area contributed by atoms with E-state index in [-0.39, 0.29) is 11.6 Å². The third-order valence-electron chi connectivity index (χ3n) is 4.48. The molecule has 1 saturated heterocycles. The van der Waals surface area contributed by atoms with Gasteiger partial charge in [0.1, 0.15) is 5.60 Å². The first kappa shape index (κ1) is 15.6. The molecule has 0 aromatic heterocycles. The van der Waals surface area contributed by atoms with Crippen LogP contribution in [0.1, 0.15) is 66.2 Å². The van der Waals surface area contributed by atoms with Crippen LogP contribution in [0.5, 0.6) is 0 Å². The van der Waals surface area contributed by atoms with Crippen molar-refractivity contribution in [2.24, 2.45) is 0 Å². The fourth-order valence-electron chi connectivity index (χ4n) is 3.31. The Bertz CT molecular complexity index is 343. The highest BCUT2D eigenvalue weighted by Crippen LogP contribution is 2.29. The van der Waals surface area contributed by atoms with Crippen molar-refractivity contribution in [1.82, 2.24) is 10.2 Å². The van der Waals surface area contributed by atoms with E-state index in [1.807, 2.05) is 25.7 Å². The molecular weight excluding hydrogens is 252 g/mol. The van der Waals surface area contributed by atoms with Gasteiger partial charge in [0.15, 0.2) is 0 Å². The Kier molecular flexibility index (Phi) is 4.62. The molecular formula is C16H30N2O2. The zero-order valence-corrected chi connectivity index (χ0v) is 13.5. The first-order valence-electron chi connectivity index (χ1n) is 8.04. The van der Waals surface area contributed by atoms with E-state index in [1.165, 1.54) is 25.7 Å². The summed E-state index contributed by atoms with van der Waals surface area (Å²) >= 11 is 0. The zero-order valence-electron chi connectivity index (χ0n) is 13.5. The predicted molar refractivity (Wildman–Crippen MR) is 80.8 cm³/mol. The SMILES string of the molecule is CC1(NCC2CCCN2C(=O)OC(C)(C)C)CCCC1. The molecule has 4 nitrogen and oxygen atoms in total. The minimum absolute atomic E-state index is 0.154. The number of nitrogens with zero attached hydrogens (tertiary/aromatic N) is 1. The smallest absolute Gasteiger partial charge is 0.410 e. The van der Waals surface area contributed by atoms with E-state index in [0.717, 1.165) is 25.9 Å².